The molecule has 3 N–H and O–H groups in total. The average molecular weight is 440 g/mol. The number of hydrogen-bond acceptors (Lipinski definition) is 6. The standard InChI is InChI=1S/C22H25FN6O3/c1-22(7-8-22)13-32-21(31)28-9-6-18(14(10-24)11-28)29-12-17(19(25)30)20(27-29)26-16-4-2-15(23)3-5-16/h2-5,12,14,18H,6-9,11,13H2,1H3,(H2,25,30)(H,26,27). The van der Waals surface area contributed by atoms with Crippen molar-refractivity contribution >= 4 is 23.5 Å². The van der Waals surface area contributed by atoms with Gasteiger partial charge in [-0.2, -0.15) is 10.4 Å². The Hall–Kier alpha value is -3.61. The van der Waals surface area contributed by atoms with Crippen LogP contribution in [0.4, 0.5) is 20.7 Å². The fourth-order valence-electron chi connectivity index (χ4n) is 3.74. The van der Waals surface area contributed by atoms with E-state index in [0.29, 0.717) is 25.3 Å². The van der Waals surface area contributed by atoms with Crippen LogP contribution in [0.3, 0.4) is 0 Å². The van der Waals surface area contributed by atoms with Crippen LogP contribution in [0.25, 0.3) is 0 Å². The molecule has 1 saturated heterocycles. The van der Waals surface area contributed by atoms with Crippen molar-refractivity contribution in [1.29, 1.82) is 5.26 Å². The number of nitrogens with zero attached hydrogens (tertiary/aromatic N) is 4. The quantitative estimate of drug-likeness (QED) is 0.710. The van der Waals surface area contributed by atoms with Crippen LogP contribution in [0.5, 0.6) is 0 Å². The largest absolute Gasteiger partial charge is 0.449 e. The third-order valence-corrected chi connectivity index (χ3v) is 6.09. The molecule has 10 heteroatoms. The number of hydrogen-bond donors (Lipinski definition) is 2. The maximum absolute atomic E-state index is 13.2. The van der Waals surface area contributed by atoms with Gasteiger partial charge in [0.15, 0.2) is 5.82 Å². The van der Waals surface area contributed by atoms with Gasteiger partial charge in [0.2, 0.25) is 0 Å². The Morgan fingerprint density at radius 1 is 1.38 bits per heavy atom. The Labute approximate surface area is 184 Å². The van der Waals surface area contributed by atoms with E-state index in [-0.39, 0.29) is 35.2 Å². The zero-order valence-electron chi connectivity index (χ0n) is 17.8. The summed E-state index contributed by atoms with van der Waals surface area (Å²) in [6.45, 7) is 3.09. The summed E-state index contributed by atoms with van der Waals surface area (Å²) in [5, 5.41) is 17.1. The van der Waals surface area contributed by atoms with Crippen molar-refractivity contribution in [2.75, 3.05) is 25.0 Å². The van der Waals surface area contributed by atoms with E-state index in [2.05, 4.69) is 23.4 Å². The predicted octanol–water partition coefficient (Wildman–Crippen LogP) is 3.19. The number of rotatable bonds is 6. The fraction of sp³-hybridized carbons (Fsp3) is 0.455. The van der Waals surface area contributed by atoms with Crippen LogP contribution >= 0.6 is 0 Å². The normalized spacial score (nSPS) is 21.5. The molecule has 1 aromatic carbocycles. The second kappa shape index (κ2) is 8.49. The molecule has 1 aliphatic carbocycles. The second-order valence-electron chi connectivity index (χ2n) is 8.77. The lowest BCUT2D eigenvalue weighted by atomic mass is 9.94. The summed E-state index contributed by atoms with van der Waals surface area (Å²) in [6, 6.07) is 7.51. The number of carbonyl (C=O) groups is 2. The van der Waals surface area contributed by atoms with E-state index in [0.717, 1.165) is 12.8 Å². The zero-order chi connectivity index (χ0) is 22.9. The SMILES string of the molecule is CC1(COC(=O)N2CCC(n3cc(C(N)=O)c(Nc4ccc(F)cc4)n3)C(C#N)C2)CC1. The Balaban J connectivity index is 1.47. The van der Waals surface area contributed by atoms with Crippen LogP contribution in [-0.2, 0) is 4.74 Å². The van der Waals surface area contributed by atoms with E-state index < -0.39 is 17.9 Å². The molecule has 32 heavy (non-hydrogen) atoms. The molecule has 2 atom stereocenters. The minimum absolute atomic E-state index is 0.0940. The van der Waals surface area contributed by atoms with Crippen molar-refractivity contribution in [3.8, 4) is 6.07 Å². The number of primary amides is 1. The molecular formula is C22H25FN6O3. The van der Waals surface area contributed by atoms with Crippen molar-refractivity contribution in [1.82, 2.24) is 14.7 Å². The van der Waals surface area contributed by atoms with Gasteiger partial charge in [-0.1, -0.05) is 6.92 Å². The maximum atomic E-state index is 13.2. The van der Waals surface area contributed by atoms with E-state index in [9.17, 15) is 19.2 Å². The summed E-state index contributed by atoms with van der Waals surface area (Å²) in [5.74, 6) is -1.37. The van der Waals surface area contributed by atoms with Gasteiger partial charge < -0.3 is 20.7 Å². The molecule has 2 aliphatic rings. The van der Waals surface area contributed by atoms with Crippen LogP contribution in [0.15, 0.2) is 30.5 Å². The van der Waals surface area contributed by atoms with E-state index in [1.807, 2.05) is 0 Å². The molecule has 0 bridgehead atoms. The highest BCUT2D eigenvalue weighted by Gasteiger charge is 2.40. The second-order valence-corrected chi connectivity index (χ2v) is 8.77. The van der Waals surface area contributed by atoms with E-state index in [4.69, 9.17) is 10.5 Å². The highest BCUT2D eigenvalue weighted by atomic mass is 19.1. The van der Waals surface area contributed by atoms with Crippen LogP contribution in [-0.4, -0.2) is 46.4 Å². The number of carbonyl (C=O) groups excluding carboxylic acids is 2. The number of piperidine rings is 1. The Bertz CT molecular complexity index is 1060. The lowest BCUT2D eigenvalue weighted by molar-refractivity contribution is 0.0656. The number of anilines is 2. The van der Waals surface area contributed by atoms with Crippen molar-refractivity contribution in [2.45, 2.75) is 32.2 Å². The van der Waals surface area contributed by atoms with E-state index in [1.165, 1.54) is 30.5 Å². The molecule has 2 aromatic rings. The molecule has 1 aromatic heterocycles. The van der Waals surface area contributed by atoms with E-state index in [1.54, 1.807) is 9.58 Å². The third kappa shape index (κ3) is 4.66. The summed E-state index contributed by atoms with van der Waals surface area (Å²) in [4.78, 5) is 25.9. The number of likely N-dealkylation sites (tertiary alicyclic amines) is 1. The van der Waals surface area contributed by atoms with Gasteiger partial charge in [0.25, 0.3) is 5.91 Å². The summed E-state index contributed by atoms with van der Waals surface area (Å²) >= 11 is 0. The van der Waals surface area contributed by atoms with Gasteiger partial charge in [0, 0.05) is 30.4 Å². The number of benzene rings is 1. The van der Waals surface area contributed by atoms with E-state index >= 15 is 0 Å². The van der Waals surface area contributed by atoms with Gasteiger partial charge in [-0.05, 0) is 43.5 Å². The molecular weight excluding hydrogens is 415 g/mol. The van der Waals surface area contributed by atoms with Gasteiger partial charge in [0.1, 0.15) is 11.4 Å². The number of ether oxygens (including phenoxy) is 1. The van der Waals surface area contributed by atoms with Crippen LogP contribution in [0, 0.1) is 28.5 Å². The minimum atomic E-state index is -0.677. The first-order chi connectivity index (χ1) is 15.3. The summed E-state index contributed by atoms with van der Waals surface area (Å²) < 4.78 is 20.1. The summed E-state index contributed by atoms with van der Waals surface area (Å²) in [5.41, 5.74) is 6.30. The molecule has 9 nitrogen and oxygen atoms in total. The number of halogens is 1. The molecule has 4 rings (SSSR count). The Morgan fingerprint density at radius 2 is 2.09 bits per heavy atom. The van der Waals surface area contributed by atoms with Crippen LogP contribution in [0.1, 0.15) is 42.6 Å². The number of nitriles is 1. The third-order valence-electron chi connectivity index (χ3n) is 6.09. The van der Waals surface area contributed by atoms with Crippen molar-refractivity contribution < 1.29 is 18.7 Å². The smallest absolute Gasteiger partial charge is 0.409 e. The summed E-state index contributed by atoms with van der Waals surface area (Å²) in [7, 11) is 0. The monoisotopic (exact) mass is 440 g/mol. The number of nitrogens with two attached hydrogens (primary N) is 1. The minimum Gasteiger partial charge on any atom is -0.449 e. The Kier molecular flexibility index (Phi) is 5.74. The Morgan fingerprint density at radius 3 is 2.72 bits per heavy atom. The van der Waals surface area contributed by atoms with Crippen molar-refractivity contribution in [3.63, 3.8) is 0 Å². The zero-order valence-corrected chi connectivity index (χ0v) is 17.8. The molecule has 2 heterocycles. The molecule has 0 spiro atoms. The topological polar surface area (TPSA) is 126 Å². The lowest BCUT2D eigenvalue weighted by Crippen LogP contribution is -2.44. The summed E-state index contributed by atoms with van der Waals surface area (Å²) in [6.07, 6.45) is 3.68. The van der Waals surface area contributed by atoms with Gasteiger partial charge in [-0.3, -0.25) is 9.48 Å². The average Bonchev–Trinajstić information content (AvgIpc) is 3.37. The van der Waals surface area contributed by atoms with Gasteiger partial charge >= 0.3 is 6.09 Å². The van der Waals surface area contributed by atoms with Crippen molar-refractivity contribution in [2.24, 2.45) is 17.1 Å². The molecule has 1 saturated carbocycles. The van der Waals surface area contributed by atoms with Crippen LogP contribution < -0.4 is 11.1 Å². The first-order valence-corrected chi connectivity index (χ1v) is 10.5. The number of nitrogens with one attached hydrogen (secondary N) is 1. The first kappa shape index (κ1) is 21.6. The highest BCUT2D eigenvalue weighted by molar-refractivity contribution is 5.98. The highest BCUT2D eigenvalue weighted by Crippen LogP contribution is 2.45. The van der Waals surface area contributed by atoms with Crippen molar-refractivity contribution in [3.05, 3.63) is 41.8 Å². The van der Waals surface area contributed by atoms with Crippen LogP contribution in [0.2, 0.25) is 0 Å². The molecule has 2 unspecified atom stereocenters. The van der Waals surface area contributed by atoms with Gasteiger partial charge in [-0.15, -0.1) is 0 Å². The molecule has 1 aliphatic heterocycles. The first-order valence-electron chi connectivity index (χ1n) is 10.5. The predicted molar refractivity (Wildman–Crippen MR) is 113 cm³/mol. The fourth-order valence-corrected chi connectivity index (χ4v) is 3.74. The van der Waals surface area contributed by atoms with Gasteiger partial charge in [-0.25, -0.2) is 9.18 Å². The molecule has 168 valence electrons. The number of aromatic nitrogens is 2. The number of amides is 2. The lowest BCUT2D eigenvalue weighted by Gasteiger charge is -2.35. The molecule has 2 amide bonds. The maximum Gasteiger partial charge on any atom is 0.409 e. The van der Waals surface area contributed by atoms with Gasteiger partial charge in [0.05, 0.1) is 24.6 Å². The molecule has 2 fully saturated rings. The molecule has 0 radical (unpaired) electrons.